The second-order valence-electron chi connectivity index (χ2n) is 3.91. The van der Waals surface area contributed by atoms with Gasteiger partial charge in [0.25, 0.3) is 0 Å². The van der Waals surface area contributed by atoms with E-state index in [0.29, 0.717) is 12.6 Å². The Bertz CT molecular complexity index is 183. The fraction of sp³-hybridized carbons (Fsp3) is 0.900. The molecule has 82 valence electrons. The van der Waals surface area contributed by atoms with E-state index < -0.39 is 5.97 Å². The molecule has 0 spiro atoms. The van der Waals surface area contributed by atoms with Crippen LogP contribution in [0.4, 0.5) is 0 Å². The van der Waals surface area contributed by atoms with Crippen molar-refractivity contribution in [3.63, 3.8) is 0 Å². The molecule has 1 aliphatic rings. The first kappa shape index (κ1) is 11.5. The Morgan fingerprint density at radius 1 is 1.50 bits per heavy atom. The van der Waals surface area contributed by atoms with Crippen molar-refractivity contribution >= 4 is 5.97 Å². The van der Waals surface area contributed by atoms with Gasteiger partial charge < -0.3 is 10.8 Å². The summed E-state index contributed by atoms with van der Waals surface area (Å²) in [5, 5.41) is 8.62. The summed E-state index contributed by atoms with van der Waals surface area (Å²) in [6.45, 7) is 2.66. The van der Waals surface area contributed by atoms with Crippen molar-refractivity contribution in [3.8, 4) is 0 Å². The number of carbonyl (C=O) groups is 1. The van der Waals surface area contributed by atoms with Crippen LogP contribution in [0.1, 0.15) is 32.1 Å². The first-order valence-electron chi connectivity index (χ1n) is 5.40. The van der Waals surface area contributed by atoms with Gasteiger partial charge >= 0.3 is 5.97 Å². The van der Waals surface area contributed by atoms with Gasteiger partial charge in [-0.3, -0.25) is 9.69 Å². The highest BCUT2D eigenvalue weighted by molar-refractivity contribution is 5.66. The summed E-state index contributed by atoms with van der Waals surface area (Å²) in [5.41, 5.74) is 5.52. The number of rotatable bonds is 5. The van der Waals surface area contributed by atoms with E-state index in [2.05, 4.69) is 4.90 Å². The first-order valence-corrected chi connectivity index (χ1v) is 5.40. The molecule has 0 radical (unpaired) electrons. The molecular weight excluding hydrogens is 180 g/mol. The van der Waals surface area contributed by atoms with Gasteiger partial charge in [0.15, 0.2) is 0 Å². The summed E-state index contributed by atoms with van der Waals surface area (Å²) in [6.07, 6.45) is 4.64. The molecule has 0 amide bonds. The van der Waals surface area contributed by atoms with E-state index in [-0.39, 0.29) is 6.42 Å². The van der Waals surface area contributed by atoms with Crippen molar-refractivity contribution in [2.24, 2.45) is 5.73 Å². The average Bonchev–Trinajstić information content (AvgIpc) is 2.17. The number of carboxylic acid groups (broad SMARTS) is 1. The van der Waals surface area contributed by atoms with Crippen molar-refractivity contribution < 1.29 is 9.90 Å². The third kappa shape index (κ3) is 3.64. The molecule has 1 unspecified atom stereocenters. The highest BCUT2D eigenvalue weighted by atomic mass is 16.4. The molecule has 1 atom stereocenters. The lowest BCUT2D eigenvalue weighted by Gasteiger charge is -2.35. The molecule has 0 aliphatic carbocycles. The van der Waals surface area contributed by atoms with E-state index in [1.54, 1.807) is 0 Å². The van der Waals surface area contributed by atoms with Crippen molar-refractivity contribution in [1.82, 2.24) is 4.90 Å². The predicted octanol–water partition coefficient (Wildman–Crippen LogP) is 0.664. The van der Waals surface area contributed by atoms with Crippen molar-refractivity contribution in [3.05, 3.63) is 0 Å². The summed E-state index contributed by atoms with van der Waals surface area (Å²) in [6, 6.07) is 0.448. The molecule has 0 bridgehead atoms. The van der Waals surface area contributed by atoms with Crippen molar-refractivity contribution in [1.29, 1.82) is 0 Å². The molecule has 0 aromatic heterocycles. The van der Waals surface area contributed by atoms with Crippen LogP contribution >= 0.6 is 0 Å². The van der Waals surface area contributed by atoms with Crippen LogP contribution in [-0.2, 0) is 4.79 Å². The van der Waals surface area contributed by atoms with E-state index in [9.17, 15) is 4.79 Å². The Morgan fingerprint density at radius 3 is 2.93 bits per heavy atom. The maximum absolute atomic E-state index is 10.5. The van der Waals surface area contributed by atoms with E-state index in [1.807, 2.05) is 0 Å². The molecule has 1 heterocycles. The zero-order valence-electron chi connectivity index (χ0n) is 8.61. The number of aliphatic carboxylic acids is 1. The highest BCUT2D eigenvalue weighted by Gasteiger charge is 2.21. The monoisotopic (exact) mass is 200 g/mol. The molecule has 3 N–H and O–H groups in total. The van der Waals surface area contributed by atoms with Crippen LogP contribution in [0.15, 0.2) is 0 Å². The lowest BCUT2D eigenvalue weighted by atomic mass is 9.98. The fourth-order valence-corrected chi connectivity index (χ4v) is 2.14. The summed E-state index contributed by atoms with van der Waals surface area (Å²) in [7, 11) is 0. The summed E-state index contributed by atoms with van der Waals surface area (Å²) >= 11 is 0. The number of likely N-dealkylation sites (tertiary alicyclic amines) is 1. The van der Waals surface area contributed by atoms with Crippen molar-refractivity contribution in [2.75, 3.05) is 19.6 Å². The zero-order valence-corrected chi connectivity index (χ0v) is 8.61. The zero-order chi connectivity index (χ0) is 10.4. The van der Waals surface area contributed by atoms with Gasteiger partial charge in [0.05, 0.1) is 0 Å². The second kappa shape index (κ2) is 5.98. The first-order chi connectivity index (χ1) is 6.74. The number of nitrogens with zero attached hydrogens (tertiary/aromatic N) is 1. The lowest BCUT2D eigenvalue weighted by Crippen LogP contribution is -2.42. The molecule has 14 heavy (non-hydrogen) atoms. The van der Waals surface area contributed by atoms with Crippen LogP contribution in [0.25, 0.3) is 0 Å². The molecule has 4 heteroatoms. The molecule has 0 saturated carbocycles. The third-order valence-electron chi connectivity index (χ3n) is 2.86. The van der Waals surface area contributed by atoms with Crippen LogP contribution in [0.3, 0.4) is 0 Å². The van der Waals surface area contributed by atoms with Crippen LogP contribution in [0, 0.1) is 0 Å². The second-order valence-corrected chi connectivity index (χ2v) is 3.91. The van der Waals surface area contributed by atoms with Crippen LogP contribution < -0.4 is 5.73 Å². The average molecular weight is 200 g/mol. The maximum Gasteiger partial charge on any atom is 0.303 e. The number of hydrogen-bond donors (Lipinski definition) is 2. The van der Waals surface area contributed by atoms with Gasteiger partial charge in [0, 0.05) is 25.6 Å². The van der Waals surface area contributed by atoms with Gasteiger partial charge in [-0.25, -0.2) is 0 Å². The largest absolute Gasteiger partial charge is 0.481 e. The molecule has 4 nitrogen and oxygen atoms in total. The summed E-state index contributed by atoms with van der Waals surface area (Å²) < 4.78 is 0. The molecule has 1 saturated heterocycles. The van der Waals surface area contributed by atoms with Gasteiger partial charge in [-0.05, 0) is 25.8 Å². The van der Waals surface area contributed by atoms with Crippen molar-refractivity contribution in [2.45, 2.75) is 38.1 Å². The molecule has 1 rings (SSSR count). The highest BCUT2D eigenvalue weighted by Crippen LogP contribution is 2.20. The van der Waals surface area contributed by atoms with Crippen LogP contribution in [-0.4, -0.2) is 41.7 Å². The smallest absolute Gasteiger partial charge is 0.303 e. The standard InChI is InChI=1S/C10H20N2O2/c11-6-8-12-7-2-1-3-9(12)4-5-10(13)14/h9H,1-8,11H2,(H,13,14). The van der Waals surface area contributed by atoms with E-state index in [1.165, 1.54) is 12.8 Å². The van der Waals surface area contributed by atoms with E-state index in [4.69, 9.17) is 10.8 Å². The van der Waals surface area contributed by atoms with E-state index in [0.717, 1.165) is 25.9 Å². The number of nitrogens with two attached hydrogens (primary N) is 1. The summed E-state index contributed by atoms with van der Waals surface area (Å²) in [5.74, 6) is -0.691. The Hall–Kier alpha value is -0.610. The van der Waals surface area contributed by atoms with Crippen LogP contribution in [0.2, 0.25) is 0 Å². The fourth-order valence-electron chi connectivity index (χ4n) is 2.14. The predicted molar refractivity (Wildman–Crippen MR) is 55.1 cm³/mol. The van der Waals surface area contributed by atoms with E-state index >= 15 is 0 Å². The summed E-state index contributed by atoms with van der Waals surface area (Å²) in [4.78, 5) is 12.8. The minimum absolute atomic E-state index is 0.283. The Balaban J connectivity index is 2.33. The number of hydrogen-bond acceptors (Lipinski definition) is 3. The number of carboxylic acids is 1. The molecular formula is C10H20N2O2. The van der Waals surface area contributed by atoms with Gasteiger partial charge in [-0.2, -0.15) is 0 Å². The minimum Gasteiger partial charge on any atom is -0.481 e. The van der Waals surface area contributed by atoms with Gasteiger partial charge in [0.1, 0.15) is 0 Å². The third-order valence-corrected chi connectivity index (χ3v) is 2.86. The Kier molecular flexibility index (Phi) is 4.90. The van der Waals surface area contributed by atoms with Gasteiger partial charge in [-0.1, -0.05) is 6.42 Å². The topological polar surface area (TPSA) is 66.6 Å². The SMILES string of the molecule is NCCN1CCCCC1CCC(=O)O. The molecule has 0 aromatic carbocycles. The normalized spacial score (nSPS) is 23.6. The lowest BCUT2D eigenvalue weighted by molar-refractivity contribution is -0.137. The van der Waals surface area contributed by atoms with Crippen LogP contribution in [0.5, 0.6) is 0 Å². The number of piperidine rings is 1. The van der Waals surface area contributed by atoms with Gasteiger partial charge in [0.2, 0.25) is 0 Å². The Morgan fingerprint density at radius 2 is 2.29 bits per heavy atom. The van der Waals surface area contributed by atoms with Gasteiger partial charge in [-0.15, -0.1) is 0 Å². The molecule has 1 aliphatic heterocycles. The maximum atomic E-state index is 10.5. The molecule has 1 fully saturated rings. The minimum atomic E-state index is -0.691. The Labute approximate surface area is 85.1 Å². The molecule has 0 aromatic rings. The quantitative estimate of drug-likeness (QED) is 0.684.